The number of nitrogens with one attached hydrogen (secondary N) is 2. The van der Waals surface area contributed by atoms with E-state index in [9.17, 15) is 5.11 Å². The van der Waals surface area contributed by atoms with Gasteiger partial charge in [0.2, 0.25) is 0 Å². The molecule has 3 N–H and O–H groups in total. The number of aromatic nitrogens is 2. The van der Waals surface area contributed by atoms with Crippen LogP contribution in [0.5, 0.6) is 0 Å². The standard InChI is InChI=1S/C24H23N3O.ClH/c1-15-19(10-11-21-23(15)27-14-26-21)17-8-6-16(7-9-17)13-25-22-12-18-4-2-3-5-20(18)24(22)28;/h2-11,14,22,24-25,28H,12-13H2,1H3,(H,26,27);1H. The molecule has 2 atom stereocenters. The Morgan fingerprint density at radius 1 is 1.07 bits per heavy atom. The molecule has 0 bridgehead atoms. The Bertz CT molecular complexity index is 1140. The van der Waals surface area contributed by atoms with Crippen molar-refractivity contribution in [2.45, 2.75) is 32.0 Å². The Kier molecular flexibility index (Phi) is 5.41. The second-order valence-corrected chi connectivity index (χ2v) is 7.57. The zero-order valence-corrected chi connectivity index (χ0v) is 17.0. The molecule has 1 aliphatic rings. The number of halogens is 1. The summed E-state index contributed by atoms with van der Waals surface area (Å²) in [5, 5.41) is 14.1. The summed E-state index contributed by atoms with van der Waals surface area (Å²) >= 11 is 0. The zero-order chi connectivity index (χ0) is 19.1. The molecule has 0 saturated heterocycles. The lowest BCUT2D eigenvalue weighted by Gasteiger charge is -2.17. The van der Waals surface area contributed by atoms with Crippen LogP contribution in [0.2, 0.25) is 0 Å². The highest BCUT2D eigenvalue weighted by Crippen LogP contribution is 2.31. The number of fused-ring (bicyclic) bond motifs is 2. The molecule has 29 heavy (non-hydrogen) atoms. The van der Waals surface area contributed by atoms with E-state index in [0.29, 0.717) is 0 Å². The van der Waals surface area contributed by atoms with Crippen LogP contribution in [-0.4, -0.2) is 21.1 Å². The predicted octanol–water partition coefficient (Wildman–Crippen LogP) is 4.71. The van der Waals surface area contributed by atoms with Crippen LogP contribution in [0.3, 0.4) is 0 Å². The average Bonchev–Trinajstić information content (AvgIpc) is 3.33. The number of H-pyrrole nitrogens is 1. The van der Waals surface area contributed by atoms with E-state index in [1.165, 1.54) is 27.8 Å². The fraction of sp³-hybridized carbons (Fsp3) is 0.208. The van der Waals surface area contributed by atoms with Crippen molar-refractivity contribution in [3.05, 3.63) is 89.2 Å². The lowest BCUT2D eigenvalue weighted by atomic mass is 9.98. The van der Waals surface area contributed by atoms with Gasteiger partial charge in [-0.2, -0.15) is 0 Å². The van der Waals surface area contributed by atoms with Crippen LogP contribution in [0.4, 0.5) is 0 Å². The van der Waals surface area contributed by atoms with Crippen molar-refractivity contribution in [3.63, 3.8) is 0 Å². The molecule has 3 aromatic carbocycles. The van der Waals surface area contributed by atoms with Gasteiger partial charge in [-0.25, -0.2) is 4.98 Å². The van der Waals surface area contributed by atoms with Gasteiger partial charge in [0.1, 0.15) is 0 Å². The van der Waals surface area contributed by atoms with E-state index in [4.69, 9.17) is 0 Å². The molecule has 0 saturated carbocycles. The van der Waals surface area contributed by atoms with Gasteiger partial charge in [-0.3, -0.25) is 0 Å². The number of aromatic amines is 1. The van der Waals surface area contributed by atoms with Gasteiger partial charge < -0.3 is 15.4 Å². The quantitative estimate of drug-likeness (QED) is 0.461. The Labute approximate surface area is 176 Å². The highest BCUT2D eigenvalue weighted by Gasteiger charge is 2.29. The van der Waals surface area contributed by atoms with Gasteiger partial charge >= 0.3 is 0 Å². The van der Waals surface area contributed by atoms with E-state index in [0.717, 1.165) is 29.6 Å². The summed E-state index contributed by atoms with van der Waals surface area (Å²) in [5.74, 6) is 0. The lowest BCUT2D eigenvalue weighted by molar-refractivity contribution is 0.141. The molecule has 1 aromatic heterocycles. The molecule has 0 radical (unpaired) electrons. The summed E-state index contributed by atoms with van der Waals surface area (Å²) in [6.45, 7) is 2.86. The molecule has 0 amide bonds. The third-order valence-electron chi connectivity index (χ3n) is 5.87. The minimum Gasteiger partial charge on any atom is -0.387 e. The Morgan fingerprint density at radius 2 is 1.86 bits per heavy atom. The number of hydrogen-bond donors (Lipinski definition) is 3. The Morgan fingerprint density at radius 3 is 2.66 bits per heavy atom. The van der Waals surface area contributed by atoms with Crippen molar-refractivity contribution in [1.29, 1.82) is 0 Å². The van der Waals surface area contributed by atoms with E-state index in [1.54, 1.807) is 6.33 Å². The first-order chi connectivity index (χ1) is 13.7. The van der Waals surface area contributed by atoms with E-state index in [-0.39, 0.29) is 18.4 Å². The lowest BCUT2D eigenvalue weighted by Crippen LogP contribution is -2.32. The second-order valence-electron chi connectivity index (χ2n) is 7.57. The second kappa shape index (κ2) is 7.99. The zero-order valence-electron chi connectivity index (χ0n) is 16.2. The monoisotopic (exact) mass is 405 g/mol. The highest BCUT2D eigenvalue weighted by molar-refractivity contribution is 5.86. The number of aryl methyl sites for hydroxylation is 1. The topological polar surface area (TPSA) is 60.9 Å². The third-order valence-corrected chi connectivity index (χ3v) is 5.87. The molecular weight excluding hydrogens is 382 g/mol. The number of aliphatic hydroxyl groups excluding tert-OH is 1. The molecule has 5 heteroatoms. The maximum absolute atomic E-state index is 10.5. The maximum atomic E-state index is 10.5. The van der Waals surface area contributed by atoms with Crippen LogP contribution < -0.4 is 5.32 Å². The van der Waals surface area contributed by atoms with Crippen molar-refractivity contribution in [2.75, 3.05) is 0 Å². The minimum atomic E-state index is -0.432. The van der Waals surface area contributed by atoms with Gasteiger partial charge in [-0.1, -0.05) is 54.6 Å². The molecule has 1 heterocycles. The van der Waals surface area contributed by atoms with Gasteiger partial charge in [0.25, 0.3) is 0 Å². The maximum Gasteiger partial charge on any atom is 0.0948 e. The average molecular weight is 406 g/mol. The number of aliphatic hydroxyl groups is 1. The minimum absolute atomic E-state index is 0. The van der Waals surface area contributed by atoms with Gasteiger partial charge in [0.15, 0.2) is 0 Å². The molecule has 0 fully saturated rings. The SMILES string of the molecule is Cc1c(-c2ccc(CNC3Cc4ccccc4C3O)cc2)ccc2[nH]cnc12.Cl. The van der Waals surface area contributed by atoms with E-state index < -0.39 is 6.10 Å². The summed E-state index contributed by atoms with van der Waals surface area (Å²) in [6, 6.07) is 21.1. The van der Waals surface area contributed by atoms with Crippen molar-refractivity contribution in [2.24, 2.45) is 0 Å². The van der Waals surface area contributed by atoms with Crippen LogP contribution >= 0.6 is 12.4 Å². The number of benzene rings is 3. The van der Waals surface area contributed by atoms with Crippen LogP contribution in [0, 0.1) is 6.92 Å². The normalized spacial score (nSPS) is 17.9. The molecule has 4 aromatic rings. The van der Waals surface area contributed by atoms with Gasteiger partial charge in [-0.15, -0.1) is 12.4 Å². The van der Waals surface area contributed by atoms with Crippen molar-refractivity contribution < 1.29 is 5.11 Å². The first-order valence-corrected chi connectivity index (χ1v) is 9.72. The summed E-state index contributed by atoms with van der Waals surface area (Å²) in [7, 11) is 0. The van der Waals surface area contributed by atoms with Crippen molar-refractivity contribution in [1.82, 2.24) is 15.3 Å². The highest BCUT2D eigenvalue weighted by atomic mass is 35.5. The first-order valence-electron chi connectivity index (χ1n) is 9.72. The number of nitrogens with zero attached hydrogens (tertiary/aromatic N) is 1. The molecule has 0 spiro atoms. The molecule has 0 aliphatic heterocycles. The van der Waals surface area contributed by atoms with Crippen LogP contribution in [-0.2, 0) is 13.0 Å². The molecule has 4 nitrogen and oxygen atoms in total. The summed E-state index contributed by atoms with van der Waals surface area (Å²) in [4.78, 5) is 7.59. The van der Waals surface area contributed by atoms with Crippen molar-refractivity contribution in [3.8, 4) is 11.1 Å². The molecule has 1 aliphatic carbocycles. The smallest absolute Gasteiger partial charge is 0.0948 e. The molecule has 148 valence electrons. The molecular formula is C24H24ClN3O. The van der Waals surface area contributed by atoms with E-state index >= 15 is 0 Å². The summed E-state index contributed by atoms with van der Waals surface area (Å²) < 4.78 is 0. The number of imidazole rings is 1. The molecule has 2 unspecified atom stereocenters. The largest absolute Gasteiger partial charge is 0.387 e. The van der Waals surface area contributed by atoms with Crippen LogP contribution in [0.15, 0.2) is 67.0 Å². The van der Waals surface area contributed by atoms with E-state index in [2.05, 4.69) is 64.7 Å². The first kappa shape index (κ1) is 19.6. The fourth-order valence-electron chi connectivity index (χ4n) is 4.27. The Hall–Kier alpha value is -2.66. The van der Waals surface area contributed by atoms with E-state index in [1.807, 2.05) is 18.2 Å². The summed E-state index contributed by atoms with van der Waals surface area (Å²) in [6.07, 6.45) is 2.18. The summed E-state index contributed by atoms with van der Waals surface area (Å²) in [5.41, 5.74) is 9.20. The number of hydrogen-bond acceptors (Lipinski definition) is 3. The predicted molar refractivity (Wildman–Crippen MR) is 119 cm³/mol. The number of rotatable bonds is 4. The van der Waals surface area contributed by atoms with Gasteiger partial charge in [0.05, 0.1) is 23.5 Å². The van der Waals surface area contributed by atoms with Gasteiger partial charge in [-0.05, 0) is 52.8 Å². The van der Waals surface area contributed by atoms with Crippen molar-refractivity contribution >= 4 is 23.4 Å². The van der Waals surface area contributed by atoms with Gasteiger partial charge in [0, 0.05) is 12.6 Å². The Balaban J connectivity index is 0.00000205. The fourth-order valence-corrected chi connectivity index (χ4v) is 4.27. The van der Waals surface area contributed by atoms with Crippen LogP contribution in [0.25, 0.3) is 22.2 Å². The van der Waals surface area contributed by atoms with Crippen LogP contribution in [0.1, 0.15) is 28.4 Å². The third kappa shape index (κ3) is 3.55. The molecule has 5 rings (SSSR count).